The van der Waals surface area contributed by atoms with Gasteiger partial charge in [-0.1, -0.05) is 0 Å². The van der Waals surface area contributed by atoms with Crippen molar-refractivity contribution in [3.63, 3.8) is 0 Å². The molecule has 1 aliphatic heterocycles. The van der Waals surface area contributed by atoms with E-state index < -0.39 is 28.1 Å². The number of nitrogens with two attached hydrogens (primary N) is 1. The third-order valence-electron chi connectivity index (χ3n) is 2.82. The number of carbonyl (C=O) groups excluding carboxylic acids is 1. The molecule has 0 saturated carbocycles. The SMILES string of the molecule is CC(=O)N1C[C@H](n2cc(F)c(N)nc2=O)S[C@@H]1CO. The second-order valence-corrected chi connectivity index (χ2v) is 5.42. The summed E-state index contributed by atoms with van der Waals surface area (Å²) in [4.78, 5) is 27.9. The summed E-state index contributed by atoms with van der Waals surface area (Å²) in [5.74, 6) is -1.46. The summed E-state index contributed by atoms with van der Waals surface area (Å²) >= 11 is 1.20. The van der Waals surface area contributed by atoms with Crippen LogP contribution in [-0.2, 0) is 4.79 Å². The summed E-state index contributed by atoms with van der Waals surface area (Å²) in [5, 5.41) is 8.27. The molecule has 0 unspecified atom stereocenters. The van der Waals surface area contributed by atoms with E-state index >= 15 is 0 Å². The Morgan fingerprint density at radius 1 is 1.74 bits per heavy atom. The maximum absolute atomic E-state index is 13.4. The summed E-state index contributed by atoms with van der Waals surface area (Å²) in [7, 11) is 0. The topological polar surface area (TPSA) is 101 Å². The molecule has 0 bridgehead atoms. The lowest BCUT2D eigenvalue weighted by atomic mass is 10.4. The van der Waals surface area contributed by atoms with Crippen LogP contribution in [0.5, 0.6) is 0 Å². The predicted molar refractivity (Wildman–Crippen MR) is 67.8 cm³/mol. The zero-order chi connectivity index (χ0) is 14.2. The number of aliphatic hydroxyl groups is 1. The van der Waals surface area contributed by atoms with E-state index in [0.29, 0.717) is 0 Å². The van der Waals surface area contributed by atoms with E-state index in [1.54, 1.807) is 0 Å². The highest BCUT2D eigenvalue weighted by molar-refractivity contribution is 8.00. The van der Waals surface area contributed by atoms with Gasteiger partial charge in [-0.15, -0.1) is 11.8 Å². The average molecular weight is 288 g/mol. The zero-order valence-corrected chi connectivity index (χ0v) is 10.9. The molecule has 0 spiro atoms. The second kappa shape index (κ2) is 5.17. The van der Waals surface area contributed by atoms with Gasteiger partial charge in [0, 0.05) is 13.1 Å². The molecule has 1 amide bonds. The lowest BCUT2D eigenvalue weighted by Gasteiger charge is -2.19. The van der Waals surface area contributed by atoms with Crippen LogP contribution < -0.4 is 11.4 Å². The molecule has 3 N–H and O–H groups in total. The highest BCUT2D eigenvalue weighted by Crippen LogP contribution is 2.36. The van der Waals surface area contributed by atoms with Crippen molar-refractivity contribution in [1.82, 2.24) is 14.5 Å². The Morgan fingerprint density at radius 2 is 2.42 bits per heavy atom. The van der Waals surface area contributed by atoms with Crippen molar-refractivity contribution in [2.24, 2.45) is 0 Å². The number of hydrogen-bond donors (Lipinski definition) is 2. The maximum atomic E-state index is 13.4. The first-order valence-corrected chi connectivity index (χ1v) is 6.46. The Bertz CT molecular complexity index is 564. The predicted octanol–water partition coefficient (Wildman–Crippen LogP) is -0.623. The summed E-state index contributed by atoms with van der Waals surface area (Å²) in [6.07, 6.45) is 0.973. The molecule has 2 atom stereocenters. The molecular formula is C10H13FN4O3S. The average Bonchev–Trinajstić information content (AvgIpc) is 2.77. The lowest BCUT2D eigenvalue weighted by molar-refractivity contribution is -0.129. The fourth-order valence-electron chi connectivity index (χ4n) is 1.87. The van der Waals surface area contributed by atoms with E-state index in [9.17, 15) is 19.1 Å². The minimum absolute atomic E-state index is 0.205. The fraction of sp³-hybridized carbons (Fsp3) is 0.500. The molecule has 0 aliphatic carbocycles. The number of thioether (sulfide) groups is 1. The summed E-state index contributed by atoms with van der Waals surface area (Å²) in [6.45, 7) is 1.34. The van der Waals surface area contributed by atoms with Gasteiger partial charge in [0.1, 0.15) is 10.7 Å². The molecule has 19 heavy (non-hydrogen) atoms. The first-order chi connectivity index (χ1) is 8.93. The van der Waals surface area contributed by atoms with Crippen molar-refractivity contribution >= 4 is 23.5 Å². The molecule has 1 saturated heterocycles. The first kappa shape index (κ1) is 13.8. The van der Waals surface area contributed by atoms with Gasteiger partial charge in [-0.2, -0.15) is 4.98 Å². The van der Waals surface area contributed by atoms with Crippen molar-refractivity contribution in [2.45, 2.75) is 17.7 Å². The van der Waals surface area contributed by atoms with E-state index in [0.717, 1.165) is 10.8 Å². The van der Waals surface area contributed by atoms with Gasteiger partial charge in [-0.05, 0) is 0 Å². The number of amides is 1. The van der Waals surface area contributed by atoms with Crippen LogP contribution in [0, 0.1) is 5.82 Å². The quantitative estimate of drug-likeness (QED) is 0.752. The third kappa shape index (κ3) is 2.56. The second-order valence-electron chi connectivity index (χ2n) is 4.06. The number of aromatic nitrogens is 2. The maximum Gasteiger partial charge on any atom is 0.350 e. The molecular weight excluding hydrogens is 275 g/mol. The molecule has 9 heteroatoms. The Labute approximate surface area is 112 Å². The summed E-state index contributed by atoms with van der Waals surface area (Å²) < 4.78 is 14.4. The Kier molecular flexibility index (Phi) is 3.76. The number of halogens is 1. The van der Waals surface area contributed by atoms with Crippen LogP contribution in [0.2, 0.25) is 0 Å². The largest absolute Gasteiger partial charge is 0.393 e. The van der Waals surface area contributed by atoms with Gasteiger partial charge in [0.05, 0.1) is 13.2 Å². The van der Waals surface area contributed by atoms with Gasteiger partial charge in [-0.3, -0.25) is 9.36 Å². The minimum atomic E-state index is -0.790. The van der Waals surface area contributed by atoms with Crippen molar-refractivity contribution in [3.05, 3.63) is 22.5 Å². The highest BCUT2D eigenvalue weighted by Gasteiger charge is 2.35. The molecule has 1 aliphatic rings. The van der Waals surface area contributed by atoms with E-state index in [4.69, 9.17) is 5.73 Å². The van der Waals surface area contributed by atoms with Gasteiger partial charge >= 0.3 is 5.69 Å². The van der Waals surface area contributed by atoms with Gasteiger partial charge in [-0.25, -0.2) is 9.18 Å². The van der Waals surface area contributed by atoms with E-state index in [1.165, 1.54) is 23.6 Å². The molecule has 0 aromatic carbocycles. The number of rotatable bonds is 2. The smallest absolute Gasteiger partial charge is 0.350 e. The lowest BCUT2D eigenvalue weighted by Crippen LogP contribution is -2.36. The number of aliphatic hydroxyl groups excluding tert-OH is 1. The molecule has 1 aromatic heterocycles. The van der Waals surface area contributed by atoms with E-state index in [-0.39, 0.29) is 19.1 Å². The number of nitrogens with zero attached hydrogens (tertiary/aromatic N) is 3. The molecule has 2 heterocycles. The van der Waals surface area contributed by atoms with E-state index in [1.807, 2.05) is 0 Å². The number of anilines is 1. The van der Waals surface area contributed by atoms with Crippen molar-refractivity contribution in [3.8, 4) is 0 Å². The van der Waals surface area contributed by atoms with E-state index in [2.05, 4.69) is 4.98 Å². The standard InChI is InChI=1S/C10H13FN4O3S/c1-5(17)14-3-7(19-8(14)4-16)15-2-6(11)9(12)13-10(15)18/h2,7-8,16H,3-4H2,1H3,(H2,12,13,18)/t7-,8-/m1/s1. The molecule has 1 fully saturated rings. The Morgan fingerprint density at radius 3 is 2.95 bits per heavy atom. The van der Waals surface area contributed by atoms with Gasteiger partial charge in [0.15, 0.2) is 11.6 Å². The molecule has 104 valence electrons. The number of nitrogen functional groups attached to an aromatic ring is 1. The van der Waals surface area contributed by atoms with Crippen molar-refractivity contribution in [1.29, 1.82) is 0 Å². The van der Waals surface area contributed by atoms with Crippen molar-refractivity contribution < 1.29 is 14.3 Å². The van der Waals surface area contributed by atoms with Gasteiger partial charge in [0.25, 0.3) is 0 Å². The number of hydrogen-bond acceptors (Lipinski definition) is 6. The van der Waals surface area contributed by atoms with Crippen LogP contribution in [0.1, 0.15) is 12.3 Å². The van der Waals surface area contributed by atoms with Crippen LogP contribution in [0.15, 0.2) is 11.0 Å². The molecule has 1 aromatic rings. The first-order valence-electron chi connectivity index (χ1n) is 5.51. The molecule has 7 nitrogen and oxygen atoms in total. The monoisotopic (exact) mass is 288 g/mol. The van der Waals surface area contributed by atoms with Crippen molar-refractivity contribution in [2.75, 3.05) is 18.9 Å². The zero-order valence-electron chi connectivity index (χ0n) is 10.1. The van der Waals surface area contributed by atoms with Crippen LogP contribution in [0.25, 0.3) is 0 Å². The third-order valence-corrected chi connectivity index (χ3v) is 4.23. The summed E-state index contributed by atoms with van der Waals surface area (Å²) in [5.41, 5.74) is 4.52. The minimum Gasteiger partial charge on any atom is -0.393 e. The fourth-order valence-corrected chi connectivity index (χ4v) is 3.23. The van der Waals surface area contributed by atoms with Crippen LogP contribution in [-0.4, -0.2) is 44.0 Å². The Balaban J connectivity index is 2.32. The van der Waals surface area contributed by atoms with Gasteiger partial charge < -0.3 is 15.7 Å². The van der Waals surface area contributed by atoms with Gasteiger partial charge in [0.2, 0.25) is 5.91 Å². The normalized spacial score (nSPS) is 22.8. The van der Waals surface area contributed by atoms with Crippen LogP contribution in [0.3, 0.4) is 0 Å². The van der Waals surface area contributed by atoms with Crippen LogP contribution >= 0.6 is 11.8 Å². The molecule has 2 rings (SSSR count). The summed E-state index contributed by atoms with van der Waals surface area (Å²) in [6, 6.07) is 0. The highest BCUT2D eigenvalue weighted by atomic mass is 32.2. The Hall–Kier alpha value is -1.61. The molecule has 0 radical (unpaired) electrons. The van der Waals surface area contributed by atoms with Crippen LogP contribution in [0.4, 0.5) is 10.2 Å². The number of carbonyl (C=O) groups is 1.